The Morgan fingerprint density at radius 3 is 2.45 bits per heavy atom. The fraction of sp³-hybridized carbons (Fsp3) is 0.318. The largest absolute Gasteiger partial charge is 0.481 e. The first-order valence-corrected chi connectivity index (χ1v) is 11.8. The van der Waals surface area contributed by atoms with Crippen molar-refractivity contribution in [2.24, 2.45) is 5.92 Å². The summed E-state index contributed by atoms with van der Waals surface area (Å²) < 4.78 is 39.6. The number of nitrogens with zero attached hydrogens (tertiary/aromatic N) is 1. The maximum Gasteiger partial charge on any atom is 0.416 e. The fourth-order valence-electron chi connectivity index (χ4n) is 3.77. The molecular weight excluding hydrogens is 518 g/mol. The van der Waals surface area contributed by atoms with Crippen molar-refractivity contribution in [2.45, 2.75) is 32.9 Å². The Balaban J connectivity index is 1.84. The number of thiocarbonyl (C=S) groups is 1. The number of carbonyl (C=O) groups excluding carboxylic acids is 1. The number of carbonyl (C=O) groups is 2. The highest BCUT2D eigenvalue weighted by atomic mass is 35.5. The molecule has 3 rings (SSSR count). The summed E-state index contributed by atoms with van der Waals surface area (Å²) in [6.45, 7) is 3.86. The summed E-state index contributed by atoms with van der Waals surface area (Å²) in [6, 6.07) is 1.71. The minimum absolute atomic E-state index is 0.0700. The van der Waals surface area contributed by atoms with Gasteiger partial charge in [-0.1, -0.05) is 60.2 Å². The smallest absolute Gasteiger partial charge is 0.416 e. The highest BCUT2D eigenvalue weighted by Gasteiger charge is 2.35. The van der Waals surface area contributed by atoms with Gasteiger partial charge in [-0.15, -0.1) is 0 Å². The Kier molecular flexibility index (Phi) is 7.68. The molecule has 1 aromatic carbocycles. The van der Waals surface area contributed by atoms with Crippen LogP contribution in [0.4, 0.5) is 13.2 Å². The van der Waals surface area contributed by atoms with Gasteiger partial charge in [-0.3, -0.25) is 14.5 Å². The SMILES string of the molecule is CC1=C(c2c(Cl)cc(C(F)(F)F)cc2Cl)C(C)C(/C=C2/SC(=S)N(CCCC(=O)O)C2=O)=C1. The molecule has 0 saturated carbocycles. The molecule has 1 aromatic rings. The summed E-state index contributed by atoms with van der Waals surface area (Å²) in [7, 11) is 0. The van der Waals surface area contributed by atoms with Gasteiger partial charge in [0.15, 0.2) is 0 Å². The van der Waals surface area contributed by atoms with Gasteiger partial charge in [0.1, 0.15) is 4.32 Å². The lowest BCUT2D eigenvalue weighted by Crippen LogP contribution is -2.29. The summed E-state index contributed by atoms with van der Waals surface area (Å²) in [5, 5.41) is 8.59. The Morgan fingerprint density at radius 1 is 1.30 bits per heavy atom. The van der Waals surface area contributed by atoms with Gasteiger partial charge in [-0.25, -0.2) is 0 Å². The standard InChI is InChI=1S/C22H18Cl2F3NO3S2/c1-10-6-12(7-16-20(31)28(21(32)33-16)5-3-4-17(29)30)11(2)18(10)19-14(23)8-13(9-15(19)24)22(25,26)27/h6-9,11H,3-5H2,1-2H3,(H,29,30)/b16-7+. The van der Waals surface area contributed by atoms with Gasteiger partial charge in [0, 0.05) is 24.4 Å². The maximum absolute atomic E-state index is 13.1. The lowest BCUT2D eigenvalue weighted by Gasteiger charge is -2.18. The highest BCUT2D eigenvalue weighted by molar-refractivity contribution is 8.26. The third-order valence-corrected chi connectivity index (χ3v) is 7.30. The van der Waals surface area contributed by atoms with E-state index in [0.717, 1.165) is 35.0 Å². The van der Waals surface area contributed by atoms with E-state index in [4.69, 9.17) is 40.5 Å². The first kappa shape index (κ1) is 25.8. The van der Waals surface area contributed by atoms with Crippen LogP contribution >= 0.6 is 47.2 Å². The van der Waals surface area contributed by atoms with Crippen LogP contribution in [0.2, 0.25) is 10.0 Å². The lowest BCUT2D eigenvalue weighted by atomic mass is 9.90. The lowest BCUT2D eigenvalue weighted by molar-refractivity contribution is -0.138. The van der Waals surface area contributed by atoms with Gasteiger partial charge < -0.3 is 5.11 Å². The first-order chi connectivity index (χ1) is 15.3. The van der Waals surface area contributed by atoms with Gasteiger partial charge in [-0.2, -0.15) is 13.2 Å². The summed E-state index contributed by atoms with van der Waals surface area (Å²) >= 11 is 18.8. The summed E-state index contributed by atoms with van der Waals surface area (Å²) in [4.78, 5) is 25.3. The molecule has 1 fully saturated rings. The predicted octanol–water partition coefficient (Wildman–Crippen LogP) is 6.97. The van der Waals surface area contributed by atoms with Gasteiger partial charge in [0.05, 0.1) is 20.5 Å². The number of hydrogen-bond acceptors (Lipinski definition) is 4. The van der Waals surface area contributed by atoms with Crippen LogP contribution in [0.5, 0.6) is 0 Å². The van der Waals surface area contributed by atoms with Crippen molar-refractivity contribution >= 4 is 69.0 Å². The van der Waals surface area contributed by atoms with Gasteiger partial charge >= 0.3 is 12.1 Å². The quantitative estimate of drug-likeness (QED) is 0.314. The maximum atomic E-state index is 13.1. The van der Waals surface area contributed by atoms with Crippen LogP contribution in [0.25, 0.3) is 5.57 Å². The number of halogens is 5. The predicted molar refractivity (Wildman–Crippen MR) is 128 cm³/mol. The number of hydrogen-bond donors (Lipinski definition) is 1. The van der Waals surface area contributed by atoms with E-state index in [1.165, 1.54) is 4.90 Å². The zero-order valence-electron chi connectivity index (χ0n) is 17.4. The molecule has 1 unspecified atom stereocenters. The Bertz CT molecular complexity index is 1120. The van der Waals surface area contributed by atoms with Crippen molar-refractivity contribution in [2.75, 3.05) is 6.54 Å². The second kappa shape index (κ2) is 9.82. The number of carboxylic acids is 1. The highest BCUT2D eigenvalue weighted by Crippen LogP contribution is 2.47. The Labute approximate surface area is 208 Å². The van der Waals surface area contributed by atoms with Crippen LogP contribution in [0.3, 0.4) is 0 Å². The van der Waals surface area contributed by atoms with Crippen molar-refractivity contribution < 1.29 is 27.9 Å². The fourth-order valence-corrected chi connectivity index (χ4v) is 5.77. The van der Waals surface area contributed by atoms with Gasteiger partial charge in [0.2, 0.25) is 0 Å². The average Bonchev–Trinajstić information content (AvgIpc) is 3.11. The van der Waals surface area contributed by atoms with Crippen molar-refractivity contribution in [1.82, 2.24) is 4.90 Å². The number of carboxylic acid groups (broad SMARTS) is 1. The van der Waals surface area contributed by atoms with E-state index in [-0.39, 0.29) is 41.3 Å². The molecule has 11 heteroatoms. The molecule has 33 heavy (non-hydrogen) atoms. The molecule has 4 nitrogen and oxygen atoms in total. The van der Waals surface area contributed by atoms with Crippen molar-refractivity contribution in [3.8, 4) is 0 Å². The molecule has 1 N–H and O–H groups in total. The van der Waals surface area contributed by atoms with Crippen LogP contribution < -0.4 is 0 Å². The Morgan fingerprint density at radius 2 is 1.91 bits per heavy atom. The molecule has 1 aliphatic heterocycles. The summed E-state index contributed by atoms with van der Waals surface area (Å²) in [5.41, 5.74) is 1.62. The van der Waals surface area contributed by atoms with E-state index >= 15 is 0 Å². The van der Waals surface area contributed by atoms with E-state index < -0.39 is 17.7 Å². The van der Waals surface area contributed by atoms with E-state index in [1.54, 1.807) is 13.0 Å². The molecule has 176 valence electrons. The molecule has 0 spiro atoms. The van der Waals surface area contributed by atoms with Crippen LogP contribution in [-0.4, -0.2) is 32.7 Å². The summed E-state index contributed by atoms with van der Waals surface area (Å²) in [6.07, 6.45) is -0.826. The number of rotatable bonds is 6. The number of aliphatic carboxylic acids is 1. The number of alkyl halides is 3. The Hall–Kier alpha value is -1.81. The minimum Gasteiger partial charge on any atom is -0.481 e. The molecule has 0 radical (unpaired) electrons. The van der Waals surface area contributed by atoms with Gasteiger partial charge in [-0.05, 0) is 48.3 Å². The normalized spacial score (nSPS) is 20.3. The third-order valence-electron chi connectivity index (χ3n) is 5.32. The molecule has 1 amide bonds. The van der Waals surface area contributed by atoms with Crippen molar-refractivity contribution in [3.63, 3.8) is 0 Å². The van der Waals surface area contributed by atoms with Crippen LogP contribution in [0, 0.1) is 5.92 Å². The minimum atomic E-state index is -4.57. The molecule has 1 aliphatic carbocycles. The third kappa shape index (κ3) is 5.48. The molecule has 1 saturated heterocycles. The average molecular weight is 536 g/mol. The second-order valence-corrected chi connectivity index (χ2v) is 10.1. The monoisotopic (exact) mass is 535 g/mol. The van der Waals surface area contributed by atoms with Crippen molar-refractivity contribution in [3.05, 3.63) is 61.5 Å². The van der Waals surface area contributed by atoms with E-state index in [9.17, 15) is 22.8 Å². The van der Waals surface area contributed by atoms with Crippen LogP contribution in [-0.2, 0) is 15.8 Å². The van der Waals surface area contributed by atoms with E-state index in [2.05, 4.69) is 0 Å². The van der Waals surface area contributed by atoms with Crippen LogP contribution in [0.15, 0.2) is 40.3 Å². The molecule has 2 aliphatic rings. The number of allylic oxidation sites excluding steroid dienone is 5. The van der Waals surface area contributed by atoms with E-state index in [0.29, 0.717) is 20.4 Å². The molecule has 1 atom stereocenters. The number of amides is 1. The molecular formula is C22H18Cl2F3NO3S2. The first-order valence-electron chi connectivity index (χ1n) is 9.77. The molecule has 0 aromatic heterocycles. The summed E-state index contributed by atoms with van der Waals surface area (Å²) in [5.74, 6) is -1.54. The van der Waals surface area contributed by atoms with Crippen LogP contribution in [0.1, 0.15) is 37.8 Å². The molecule has 0 bridgehead atoms. The van der Waals surface area contributed by atoms with Crippen molar-refractivity contribution in [1.29, 1.82) is 0 Å². The number of thioether (sulfide) groups is 1. The van der Waals surface area contributed by atoms with Gasteiger partial charge in [0.25, 0.3) is 5.91 Å². The zero-order valence-corrected chi connectivity index (χ0v) is 20.6. The topological polar surface area (TPSA) is 57.6 Å². The van der Waals surface area contributed by atoms with E-state index in [1.807, 2.05) is 13.0 Å². The number of benzene rings is 1. The molecule has 1 heterocycles. The second-order valence-electron chi connectivity index (χ2n) is 7.61. The zero-order chi connectivity index (χ0) is 24.7.